The van der Waals surface area contributed by atoms with Crippen LogP contribution in [0.5, 0.6) is 0 Å². The van der Waals surface area contributed by atoms with Gasteiger partial charge in [0, 0.05) is 0 Å². The summed E-state index contributed by atoms with van der Waals surface area (Å²) in [5, 5.41) is 3.94. The Hall–Kier alpha value is -0.940. The van der Waals surface area contributed by atoms with E-state index in [9.17, 15) is 0 Å². The molecule has 0 bridgehead atoms. The fourth-order valence-electron chi connectivity index (χ4n) is 2.09. The van der Waals surface area contributed by atoms with Gasteiger partial charge in [0.05, 0.1) is 12.1 Å². The lowest BCUT2D eigenvalue weighted by molar-refractivity contribution is 0.116. The molecular weight excluding hydrogens is 228 g/mol. The van der Waals surface area contributed by atoms with Crippen LogP contribution in [0.1, 0.15) is 52.3 Å². The van der Waals surface area contributed by atoms with Gasteiger partial charge in [-0.05, 0) is 45.2 Å². The van der Waals surface area contributed by atoms with Gasteiger partial charge in [-0.1, -0.05) is 19.0 Å². The summed E-state index contributed by atoms with van der Waals surface area (Å²) in [6, 6.07) is 0. The molecule has 1 aromatic heterocycles. The number of likely N-dealkylation sites (tertiary alicyclic amines) is 1. The van der Waals surface area contributed by atoms with Crippen molar-refractivity contribution in [1.29, 1.82) is 0 Å². The van der Waals surface area contributed by atoms with Crippen LogP contribution >= 0.6 is 0 Å². The van der Waals surface area contributed by atoms with E-state index >= 15 is 0 Å². The first-order valence-electron chi connectivity index (χ1n) is 6.61. The summed E-state index contributed by atoms with van der Waals surface area (Å²) < 4.78 is 5.26. The summed E-state index contributed by atoms with van der Waals surface area (Å²) in [6.07, 6.45) is 2.44. The third kappa shape index (κ3) is 3.29. The Morgan fingerprint density at radius 2 is 1.94 bits per heavy atom. The quantitative estimate of drug-likeness (QED) is 0.889. The molecule has 0 aliphatic carbocycles. The number of rotatable bonds is 3. The molecule has 0 amide bonds. The zero-order chi connectivity index (χ0) is 13.4. The average molecular weight is 252 g/mol. The summed E-state index contributed by atoms with van der Waals surface area (Å²) in [5.41, 5.74) is 5.87. The molecule has 0 saturated carbocycles. The Morgan fingerprint density at radius 3 is 2.44 bits per heavy atom. The number of hydrogen-bond acceptors (Lipinski definition) is 5. The first-order chi connectivity index (χ1) is 8.26. The second kappa shape index (κ2) is 4.63. The highest BCUT2D eigenvalue weighted by molar-refractivity contribution is 4.99. The van der Waals surface area contributed by atoms with E-state index in [2.05, 4.69) is 28.9 Å². The Balaban J connectivity index is 1.93. The Kier molecular flexibility index (Phi) is 3.47. The minimum atomic E-state index is -0.536. The second-order valence-electron chi connectivity index (χ2n) is 6.67. The lowest BCUT2D eigenvalue weighted by Gasteiger charge is -2.36. The smallest absolute Gasteiger partial charge is 0.240 e. The van der Waals surface area contributed by atoms with Crippen LogP contribution in [-0.2, 0) is 12.1 Å². The van der Waals surface area contributed by atoms with Gasteiger partial charge in [-0.25, -0.2) is 0 Å². The van der Waals surface area contributed by atoms with Crippen LogP contribution in [0.2, 0.25) is 0 Å². The number of hydrogen-bond donors (Lipinski definition) is 1. The zero-order valence-corrected chi connectivity index (χ0v) is 11.9. The van der Waals surface area contributed by atoms with Gasteiger partial charge < -0.3 is 10.3 Å². The average Bonchev–Trinajstić information content (AvgIpc) is 2.69. The van der Waals surface area contributed by atoms with Crippen LogP contribution < -0.4 is 5.73 Å². The number of aromatic nitrogens is 2. The molecule has 1 aromatic rings. The van der Waals surface area contributed by atoms with Crippen molar-refractivity contribution in [1.82, 2.24) is 15.0 Å². The first kappa shape index (κ1) is 13.5. The molecular formula is C13H24N4O. The van der Waals surface area contributed by atoms with Crippen LogP contribution in [0.15, 0.2) is 4.52 Å². The van der Waals surface area contributed by atoms with Crippen molar-refractivity contribution in [3.05, 3.63) is 11.7 Å². The maximum Gasteiger partial charge on any atom is 0.240 e. The molecule has 5 heteroatoms. The van der Waals surface area contributed by atoms with E-state index in [0.29, 0.717) is 17.1 Å². The lowest BCUT2D eigenvalue weighted by atomic mass is 9.83. The Morgan fingerprint density at radius 1 is 1.33 bits per heavy atom. The molecule has 0 spiro atoms. The van der Waals surface area contributed by atoms with Gasteiger partial charge >= 0.3 is 0 Å². The lowest BCUT2D eigenvalue weighted by Crippen LogP contribution is -2.37. The van der Waals surface area contributed by atoms with Crippen molar-refractivity contribution in [2.75, 3.05) is 13.1 Å². The molecule has 5 nitrogen and oxygen atoms in total. The summed E-state index contributed by atoms with van der Waals surface area (Å²) in [4.78, 5) is 6.73. The molecule has 2 N–H and O–H groups in total. The van der Waals surface area contributed by atoms with Crippen molar-refractivity contribution in [3.63, 3.8) is 0 Å². The minimum Gasteiger partial charge on any atom is -0.338 e. The van der Waals surface area contributed by atoms with Gasteiger partial charge in [0.25, 0.3) is 0 Å². The molecule has 0 unspecified atom stereocenters. The molecule has 0 atom stereocenters. The van der Waals surface area contributed by atoms with Crippen molar-refractivity contribution >= 4 is 0 Å². The monoisotopic (exact) mass is 252 g/mol. The molecule has 2 rings (SSSR count). The largest absolute Gasteiger partial charge is 0.338 e. The molecule has 102 valence electrons. The molecule has 0 radical (unpaired) electrons. The molecule has 1 aliphatic rings. The van der Waals surface area contributed by atoms with E-state index < -0.39 is 5.54 Å². The van der Waals surface area contributed by atoms with Crippen LogP contribution in [-0.4, -0.2) is 28.1 Å². The fraction of sp³-hybridized carbons (Fsp3) is 0.846. The van der Waals surface area contributed by atoms with Gasteiger partial charge in [-0.3, -0.25) is 4.90 Å². The van der Waals surface area contributed by atoms with Crippen molar-refractivity contribution in [2.45, 2.75) is 52.6 Å². The highest BCUT2D eigenvalue weighted by Crippen LogP contribution is 2.30. The van der Waals surface area contributed by atoms with E-state index in [0.717, 1.165) is 19.6 Å². The van der Waals surface area contributed by atoms with Gasteiger partial charge in [0.1, 0.15) is 0 Å². The topological polar surface area (TPSA) is 68.2 Å². The van der Waals surface area contributed by atoms with E-state index in [1.807, 2.05) is 13.8 Å². The van der Waals surface area contributed by atoms with E-state index in [1.54, 1.807) is 0 Å². The van der Waals surface area contributed by atoms with Crippen LogP contribution in [0, 0.1) is 5.41 Å². The maximum absolute atomic E-state index is 5.94. The molecule has 18 heavy (non-hydrogen) atoms. The van der Waals surface area contributed by atoms with Crippen LogP contribution in [0.4, 0.5) is 0 Å². The summed E-state index contributed by atoms with van der Waals surface area (Å²) in [5.74, 6) is 1.25. The molecule has 0 aromatic carbocycles. The second-order valence-corrected chi connectivity index (χ2v) is 6.67. The Labute approximate surface area is 109 Å². The summed E-state index contributed by atoms with van der Waals surface area (Å²) >= 11 is 0. The third-order valence-corrected chi connectivity index (χ3v) is 3.61. The third-order valence-electron chi connectivity index (χ3n) is 3.61. The van der Waals surface area contributed by atoms with Crippen molar-refractivity contribution in [2.24, 2.45) is 11.1 Å². The molecule has 1 saturated heterocycles. The number of piperidine rings is 1. The summed E-state index contributed by atoms with van der Waals surface area (Å²) in [6.45, 7) is 11.3. The zero-order valence-electron chi connectivity index (χ0n) is 11.9. The SMILES string of the molecule is CC1(C)CCN(Cc2nc(C(C)(C)N)no2)CC1. The summed E-state index contributed by atoms with van der Waals surface area (Å²) in [7, 11) is 0. The standard InChI is InChI=1S/C13H24N4O/c1-12(2)5-7-17(8-6-12)9-10-15-11(16-18-10)13(3,4)14/h5-9,14H2,1-4H3. The van der Waals surface area contributed by atoms with E-state index in [4.69, 9.17) is 10.3 Å². The first-order valence-corrected chi connectivity index (χ1v) is 6.61. The number of nitrogens with zero attached hydrogens (tertiary/aromatic N) is 3. The van der Waals surface area contributed by atoms with Crippen LogP contribution in [0.25, 0.3) is 0 Å². The van der Waals surface area contributed by atoms with E-state index in [1.165, 1.54) is 12.8 Å². The number of nitrogens with two attached hydrogens (primary N) is 1. The Bertz CT molecular complexity index is 395. The molecule has 2 heterocycles. The molecule has 1 fully saturated rings. The van der Waals surface area contributed by atoms with Crippen LogP contribution in [0.3, 0.4) is 0 Å². The fourth-order valence-corrected chi connectivity index (χ4v) is 2.09. The minimum absolute atomic E-state index is 0.468. The van der Waals surface area contributed by atoms with Gasteiger partial charge in [-0.2, -0.15) is 4.98 Å². The van der Waals surface area contributed by atoms with Gasteiger partial charge in [0.2, 0.25) is 5.89 Å². The maximum atomic E-state index is 5.94. The van der Waals surface area contributed by atoms with Gasteiger partial charge in [-0.15, -0.1) is 0 Å². The normalized spacial score (nSPS) is 21.2. The highest BCUT2D eigenvalue weighted by Gasteiger charge is 2.27. The van der Waals surface area contributed by atoms with Crippen molar-refractivity contribution in [3.8, 4) is 0 Å². The predicted molar refractivity (Wildman–Crippen MR) is 69.8 cm³/mol. The predicted octanol–water partition coefficient (Wildman–Crippen LogP) is 1.89. The molecule has 1 aliphatic heterocycles. The van der Waals surface area contributed by atoms with Gasteiger partial charge in [0.15, 0.2) is 5.82 Å². The highest BCUT2D eigenvalue weighted by atomic mass is 16.5. The van der Waals surface area contributed by atoms with Crippen molar-refractivity contribution < 1.29 is 4.52 Å². The van der Waals surface area contributed by atoms with E-state index in [-0.39, 0.29) is 0 Å².